The molecule has 0 aromatic carbocycles. The number of aliphatic hydroxyl groups excluding tert-OH is 4. The van der Waals surface area contributed by atoms with Crippen molar-refractivity contribution in [3.63, 3.8) is 0 Å². The molecule has 3 heterocycles. The summed E-state index contributed by atoms with van der Waals surface area (Å²) in [5, 5.41) is 42.2. The van der Waals surface area contributed by atoms with Crippen LogP contribution in [0.5, 0.6) is 0 Å². The molecule has 264 valence electrons. The first-order chi connectivity index (χ1) is 21.8. The monoisotopic (exact) mass is 640 g/mol. The quantitative estimate of drug-likeness (QED) is 0.0627. The molecule has 0 saturated carbocycles. The van der Waals surface area contributed by atoms with Gasteiger partial charge in [-0.2, -0.15) is 0 Å². The molecule has 3 rings (SSSR count). The van der Waals surface area contributed by atoms with Gasteiger partial charge in [-0.1, -0.05) is 103 Å². The molecule has 10 atom stereocenters. The van der Waals surface area contributed by atoms with Crippen LogP contribution in [0.3, 0.4) is 0 Å². The van der Waals surface area contributed by atoms with Gasteiger partial charge in [0.1, 0.15) is 12.2 Å². The lowest BCUT2D eigenvalue weighted by molar-refractivity contribution is -0.143. The molecule has 3 fully saturated rings. The van der Waals surface area contributed by atoms with Crippen molar-refractivity contribution in [1.29, 1.82) is 0 Å². The van der Waals surface area contributed by atoms with Gasteiger partial charge in [0.05, 0.1) is 48.6 Å². The molecule has 0 radical (unpaired) electrons. The van der Waals surface area contributed by atoms with Crippen LogP contribution in [0, 0.1) is 5.92 Å². The molecule has 0 spiro atoms. The van der Waals surface area contributed by atoms with Crippen molar-refractivity contribution >= 4 is 5.97 Å². The van der Waals surface area contributed by atoms with Crippen LogP contribution < -0.4 is 0 Å². The van der Waals surface area contributed by atoms with E-state index in [4.69, 9.17) is 14.2 Å². The van der Waals surface area contributed by atoms with Crippen LogP contribution in [-0.2, 0) is 19.0 Å². The van der Waals surface area contributed by atoms with Gasteiger partial charge in [-0.15, -0.1) is 0 Å². The van der Waals surface area contributed by atoms with Crippen molar-refractivity contribution in [1.82, 2.24) is 0 Å². The van der Waals surface area contributed by atoms with Gasteiger partial charge in [-0.3, -0.25) is 4.79 Å². The number of hydrogen-bond donors (Lipinski definition) is 4. The lowest BCUT2D eigenvalue weighted by Gasteiger charge is -2.24. The number of esters is 1. The van der Waals surface area contributed by atoms with Crippen LogP contribution in [-0.4, -0.2) is 81.3 Å². The number of carbonyl (C=O) groups excluding carboxylic acids is 1. The van der Waals surface area contributed by atoms with Crippen LogP contribution in [0.1, 0.15) is 168 Å². The molecule has 1 unspecified atom stereocenters. The average Bonchev–Trinajstić information content (AvgIpc) is 3.77. The number of carbonyl (C=O) groups is 1. The van der Waals surface area contributed by atoms with Gasteiger partial charge in [0.2, 0.25) is 0 Å². The van der Waals surface area contributed by atoms with E-state index in [2.05, 4.69) is 6.92 Å². The Kier molecular flexibility index (Phi) is 18.9. The Bertz CT molecular complexity index is 780. The molecular formula is C37H68O8. The summed E-state index contributed by atoms with van der Waals surface area (Å²) < 4.78 is 17.4. The smallest absolute Gasteiger partial charge is 0.312 e. The zero-order valence-electron chi connectivity index (χ0n) is 28.7. The second-order valence-electron chi connectivity index (χ2n) is 14.5. The number of unbranched alkanes of at least 4 members (excludes halogenated alkanes) is 13. The fraction of sp³-hybridized carbons (Fsp3) is 0.973. The number of rotatable bonds is 25. The summed E-state index contributed by atoms with van der Waals surface area (Å²) in [7, 11) is 0. The maximum Gasteiger partial charge on any atom is 0.312 e. The predicted molar refractivity (Wildman–Crippen MR) is 177 cm³/mol. The van der Waals surface area contributed by atoms with Crippen LogP contribution in [0.2, 0.25) is 0 Å². The molecule has 3 aliphatic rings. The third-order valence-electron chi connectivity index (χ3n) is 10.7. The highest BCUT2D eigenvalue weighted by molar-refractivity contribution is 5.75. The van der Waals surface area contributed by atoms with Gasteiger partial charge >= 0.3 is 5.97 Å². The molecule has 45 heavy (non-hydrogen) atoms. The number of hydrogen-bond acceptors (Lipinski definition) is 8. The summed E-state index contributed by atoms with van der Waals surface area (Å²) in [4.78, 5) is 11.8. The summed E-state index contributed by atoms with van der Waals surface area (Å²) in [6.07, 6.45) is 21.8. The Morgan fingerprint density at radius 1 is 0.622 bits per heavy atom. The molecule has 3 aliphatic heterocycles. The number of aliphatic hydroxyl groups is 4. The highest BCUT2D eigenvalue weighted by atomic mass is 16.6. The van der Waals surface area contributed by atoms with Crippen molar-refractivity contribution in [3.05, 3.63) is 0 Å². The molecular weight excluding hydrogens is 572 g/mol. The number of cyclic esters (lactones) is 1. The molecule has 0 amide bonds. The molecule has 8 nitrogen and oxygen atoms in total. The van der Waals surface area contributed by atoms with E-state index in [-0.39, 0.29) is 42.4 Å². The minimum Gasteiger partial charge on any atom is -0.460 e. The van der Waals surface area contributed by atoms with E-state index in [1.54, 1.807) is 6.92 Å². The third-order valence-corrected chi connectivity index (χ3v) is 10.7. The van der Waals surface area contributed by atoms with Gasteiger partial charge in [0.15, 0.2) is 0 Å². The largest absolute Gasteiger partial charge is 0.460 e. The fourth-order valence-electron chi connectivity index (χ4n) is 7.59. The minimum atomic E-state index is -0.656. The fourth-order valence-corrected chi connectivity index (χ4v) is 7.59. The van der Waals surface area contributed by atoms with Crippen LogP contribution in [0.25, 0.3) is 0 Å². The molecule has 3 saturated heterocycles. The Morgan fingerprint density at radius 3 is 1.64 bits per heavy atom. The van der Waals surface area contributed by atoms with E-state index in [0.717, 1.165) is 70.6 Å². The van der Waals surface area contributed by atoms with Crippen molar-refractivity contribution < 1.29 is 39.4 Å². The first-order valence-corrected chi connectivity index (χ1v) is 19.0. The predicted octanol–water partition coefficient (Wildman–Crippen LogP) is 6.91. The van der Waals surface area contributed by atoms with Gasteiger partial charge < -0.3 is 34.6 Å². The van der Waals surface area contributed by atoms with Crippen LogP contribution in [0.4, 0.5) is 0 Å². The highest BCUT2D eigenvalue weighted by Crippen LogP contribution is 2.31. The summed E-state index contributed by atoms with van der Waals surface area (Å²) >= 11 is 0. The van der Waals surface area contributed by atoms with Gasteiger partial charge in [0, 0.05) is 0 Å². The summed E-state index contributed by atoms with van der Waals surface area (Å²) in [6, 6.07) is 0. The van der Waals surface area contributed by atoms with E-state index in [1.165, 1.54) is 64.2 Å². The Hall–Kier alpha value is -0.770. The van der Waals surface area contributed by atoms with E-state index in [0.29, 0.717) is 19.3 Å². The Morgan fingerprint density at radius 2 is 1.09 bits per heavy atom. The van der Waals surface area contributed by atoms with Crippen molar-refractivity contribution in [2.75, 3.05) is 0 Å². The molecule has 0 aromatic rings. The lowest BCUT2D eigenvalue weighted by Crippen LogP contribution is -2.33. The van der Waals surface area contributed by atoms with E-state index in [1.807, 2.05) is 0 Å². The molecule has 0 aromatic heterocycles. The second-order valence-corrected chi connectivity index (χ2v) is 14.5. The standard InChI is InChI=1S/C37H68O8/c1-3-4-5-6-7-11-14-17-20-30(38)34-25-26-35(45-34)32(40)23-22-31(39)33-24-21-28(44-33)18-15-12-9-8-10-13-16-19-29-36(41)27(2)43-37(29)42/h27-36,38-41H,3-26H2,1-2H3/t27-,28?,29-,30-,31+,32+,33+,34+,35+,36-/m0/s1. The van der Waals surface area contributed by atoms with Crippen LogP contribution >= 0.6 is 0 Å². The summed E-state index contributed by atoms with van der Waals surface area (Å²) in [5.74, 6) is -0.591. The summed E-state index contributed by atoms with van der Waals surface area (Å²) in [5.41, 5.74) is 0. The molecule has 0 bridgehead atoms. The van der Waals surface area contributed by atoms with Gasteiger partial charge in [0.25, 0.3) is 0 Å². The zero-order valence-corrected chi connectivity index (χ0v) is 28.7. The second kappa shape index (κ2) is 22.0. The first kappa shape index (κ1) is 38.7. The molecule has 8 heteroatoms. The average molecular weight is 641 g/mol. The van der Waals surface area contributed by atoms with Crippen molar-refractivity contribution in [2.45, 2.75) is 223 Å². The van der Waals surface area contributed by atoms with Gasteiger partial charge in [-0.25, -0.2) is 0 Å². The summed E-state index contributed by atoms with van der Waals surface area (Å²) in [6.45, 7) is 3.99. The molecule has 0 aliphatic carbocycles. The first-order valence-electron chi connectivity index (χ1n) is 19.0. The number of ether oxygens (including phenoxy) is 3. The lowest BCUT2D eigenvalue weighted by atomic mass is 9.95. The van der Waals surface area contributed by atoms with Crippen molar-refractivity contribution in [2.24, 2.45) is 5.92 Å². The molecule has 4 N–H and O–H groups in total. The van der Waals surface area contributed by atoms with Crippen molar-refractivity contribution in [3.8, 4) is 0 Å². The van der Waals surface area contributed by atoms with E-state index in [9.17, 15) is 25.2 Å². The van der Waals surface area contributed by atoms with E-state index < -0.39 is 24.4 Å². The van der Waals surface area contributed by atoms with Gasteiger partial charge in [-0.05, 0) is 64.7 Å². The van der Waals surface area contributed by atoms with E-state index >= 15 is 0 Å². The SMILES string of the molecule is CCCCCCCCCC[C@H](O)[C@H]1CC[C@H]([C@H](O)CC[C@@H](O)[C@H]2CCC(CCCCCCCCC[C@@H]3C(=O)O[C@@H](C)[C@@H]3O)O2)O1. The normalized spacial score (nSPS) is 30.5. The minimum absolute atomic E-state index is 0.147. The Labute approximate surface area is 274 Å². The zero-order chi connectivity index (χ0) is 32.4. The maximum absolute atomic E-state index is 11.8. The van der Waals surface area contributed by atoms with Crippen LogP contribution in [0.15, 0.2) is 0 Å². The topological polar surface area (TPSA) is 126 Å². The third kappa shape index (κ3) is 14.1. The maximum atomic E-state index is 11.8. The highest BCUT2D eigenvalue weighted by Gasteiger charge is 2.40. The Balaban J connectivity index is 1.15.